The van der Waals surface area contributed by atoms with Crippen LogP contribution < -0.4 is 4.90 Å². The molecular formula is C16H13BrN2O2. The first-order valence-electron chi connectivity index (χ1n) is 6.48. The highest BCUT2D eigenvalue weighted by Gasteiger charge is 2.22. The zero-order valence-electron chi connectivity index (χ0n) is 11.4. The lowest BCUT2D eigenvalue weighted by atomic mass is 10.00. The molecule has 0 aromatic heterocycles. The quantitative estimate of drug-likeness (QED) is 0.797. The molecule has 3 rings (SSSR count). The highest BCUT2D eigenvalue weighted by Crippen LogP contribution is 2.28. The Hall–Kier alpha value is -2.14. The lowest BCUT2D eigenvalue weighted by Crippen LogP contribution is -2.32. The van der Waals surface area contributed by atoms with Crippen molar-refractivity contribution >= 4 is 33.2 Å². The molecule has 0 spiro atoms. The van der Waals surface area contributed by atoms with Crippen LogP contribution in [0.3, 0.4) is 0 Å². The summed E-state index contributed by atoms with van der Waals surface area (Å²) in [6, 6.07) is 15.5. The van der Waals surface area contributed by atoms with Crippen molar-refractivity contribution in [2.45, 2.75) is 0 Å². The van der Waals surface area contributed by atoms with Gasteiger partial charge in [0.05, 0.1) is 5.69 Å². The molecule has 0 unspecified atom stereocenters. The predicted molar refractivity (Wildman–Crippen MR) is 85.6 cm³/mol. The molecule has 0 saturated heterocycles. The first kappa shape index (κ1) is 13.8. The monoisotopic (exact) mass is 344 g/mol. The Morgan fingerprint density at radius 1 is 1.19 bits per heavy atom. The van der Waals surface area contributed by atoms with Crippen molar-refractivity contribution in [1.29, 1.82) is 0 Å². The van der Waals surface area contributed by atoms with E-state index >= 15 is 0 Å². The van der Waals surface area contributed by atoms with Crippen LogP contribution >= 0.6 is 15.9 Å². The zero-order chi connectivity index (χ0) is 14.8. The Morgan fingerprint density at radius 2 is 1.95 bits per heavy atom. The van der Waals surface area contributed by atoms with Crippen LogP contribution in [-0.4, -0.2) is 25.3 Å². The number of hydrogen-bond acceptors (Lipinski definition) is 3. The number of oxime groups is 1. The molecule has 0 N–H and O–H groups in total. The smallest absolute Gasteiger partial charge is 0.267 e. The fraction of sp³-hybridized carbons (Fsp3) is 0.125. The van der Waals surface area contributed by atoms with Crippen molar-refractivity contribution in [2.24, 2.45) is 5.16 Å². The summed E-state index contributed by atoms with van der Waals surface area (Å²) in [5.74, 6) is -0.130. The minimum atomic E-state index is -0.130. The summed E-state index contributed by atoms with van der Waals surface area (Å²) in [6.45, 7) is -0.0671. The Morgan fingerprint density at radius 3 is 2.71 bits per heavy atom. The molecule has 0 aliphatic carbocycles. The maximum absolute atomic E-state index is 12.0. The van der Waals surface area contributed by atoms with E-state index in [0.717, 1.165) is 21.3 Å². The minimum absolute atomic E-state index is 0.0671. The fourth-order valence-electron chi connectivity index (χ4n) is 2.23. The van der Waals surface area contributed by atoms with E-state index in [1.54, 1.807) is 11.9 Å². The molecule has 106 valence electrons. The molecule has 2 aromatic carbocycles. The van der Waals surface area contributed by atoms with Crippen LogP contribution in [-0.2, 0) is 9.63 Å². The number of likely N-dealkylation sites (N-methyl/N-ethyl adjacent to an activating group) is 1. The number of rotatable bonds is 1. The van der Waals surface area contributed by atoms with Crippen LogP contribution in [0.4, 0.5) is 5.69 Å². The molecule has 0 bridgehead atoms. The van der Waals surface area contributed by atoms with E-state index in [1.165, 1.54) is 0 Å². The van der Waals surface area contributed by atoms with Gasteiger partial charge < -0.3 is 9.74 Å². The number of carbonyl (C=O) groups is 1. The minimum Gasteiger partial charge on any atom is -0.385 e. The van der Waals surface area contributed by atoms with E-state index in [2.05, 4.69) is 21.1 Å². The summed E-state index contributed by atoms with van der Waals surface area (Å²) < 4.78 is 0.923. The third-order valence-corrected chi connectivity index (χ3v) is 3.83. The molecule has 1 amide bonds. The van der Waals surface area contributed by atoms with Crippen molar-refractivity contribution in [1.82, 2.24) is 0 Å². The van der Waals surface area contributed by atoms with Crippen molar-refractivity contribution in [3.05, 3.63) is 64.1 Å². The second-order valence-electron chi connectivity index (χ2n) is 4.69. The molecule has 1 heterocycles. The van der Waals surface area contributed by atoms with Crippen LogP contribution in [0.15, 0.2) is 58.2 Å². The molecule has 2 aromatic rings. The van der Waals surface area contributed by atoms with E-state index in [9.17, 15) is 4.79 Å². The Kier molecular flexibility index (Phi) is 3.75. The standard InChI is InChI=1S/C16H13BrN2O2/c1-19-14-8-7-12(17)9-13(14)16(18-21-10-15(19)20)11-5-3-2-4-6-11/h2-9H,10H2,1H3/b18-16-. The number of benzene rings is 2. The summed E-state index contributed by atoms with van der Waals surface area (Å²) in [6.07, 6.45) is 0. The van der Waals surface area contributed by atoms with Gasteiger partial charge in [0.2, 0.25) is 0 Å². The summed E-state index contributed by atoms with van der Waals surface area (Å²) in [5.41, 5.74) is 3.33. The van der Waals surface area contributed by atoms with Gasteiger partial charge in [0.1, 0.15) is 5.71 Å². The number of carbonyl (C=O) groups excluding carboxylic acids is 1. The van der Waals surface area contributed by atoms with Gasteiger partial charge >= 0.3 is 0 Å². The topological polar surface area (TPSA) is 41.9 Å². The maximum Gasteiger partial charge on any atom is 0.267 e. The molecule has 4 nitrogen and oxygen atoms in total. The van der Waals surface area contributed by atoms with E-state index in [0.29, 0.717) is 5.71 Å². The van der Waals surface area contributed by atoms with Gasteiger partial charge in [-0.15, -0.1) is 0 Å². The molecule has 0 atom stereocenters. The van der Waals surface area contributed by atoms with Gasteiger partial charge in [0, 0.05) is 22.6 Å². The van der Waals surface area contributed by atoms with Crippen molar-refractivity contribution in [3.8, 4) is 0 Å². The Bertz CT molecular complexity index is 713. The molecule has 1 aliphatic rings. The number of halogens is 1. The lowest BCUT2D eigenvalue weighted by Gasteiger charge is -2.23. The number of nitrogens with zero attached hydrogens (tertiary/aromatic N) is 2. The van der Waals surface area contributed by atoms with Crippen LogP contribution in [0.25, 0.3) is 0 Å². The first-order chi connectivity index (χ1) is 10.2. The third-order valence-electron chi connectivity index (χ3n) is 3.34. The van der Waals surface area contributed by atoms with Gasteiger partial charge in [0.15, 0.2) is 6.61 Å². The lowest BCUT2D eigenvalue weighted by molar-refractivity contribution is -0.122. The van der Waals surface area contributed by atoms with E-state index in [-0.39, 0.29) is 12.5 Å². The number of amides is 1. The van der Waals surface area contributed by atoms with Crippen LogP contribution in [0.5, 0.6) is 0 Å². The molecule has 21 heavy (non-hydrogen) atoms. The molecule has 1 aliphatic heterocycles. The van der Waals surface area contributed by atoms with Gasteiger partial charge in [-0.05, 0) is 18.2 Å². The van der Waals surface area contributed by atoms with Gasteiger partial charge in [-0.2, -0.15) is 0 Å². The van der Waals surface area contributed by atoms with Crippen molar-refractivity contribution < 1.29 is 9.63 Å². The number of fused-ring (bicyclic) bond motifs is 1. The highest BCUT2D eigenvalue weighted by molar-refractivity contribution is 9.10. The fourth-order valence-corrected chi connectivity index (χ4v) is 2.59. The molecule has 0 radical (unpaired) electrons. The van der Waals surface area contributed by atoms with Crippen molar-refractivity contribution in [3.63, 3.8) is 0 Å². The summed E-state index contributed by atoms with van der Waals surface area (Å²) in [5, 5.41) is 4.17. The summed E-state index contributed by atoms with van der Waals surface area (Å²) in [7, 11) is 1.74. The maximum atomic E-state index is 12.0. The third kappa shape index (κ3) is 2.69. The second-order valence-corrected chi connectivity index (χ2v) is 5.61. The highest BCUT2D eigenvalue weighted by atomic mass is 79.9. The largest absolute Gasteiger partial charge is 0.385 e. The average Bonchev–Trinajstić information content (AvgIpc) is 2.50. The average molecular weight is 345 g/mol. The van der Waals surface area contributed by atoms with Gasteiger partial charge in [-0.3, -0.25) is 4.79 Å². The zero-order valence-corrected chi connectivity index (χ0v) is 13.0. The summed E-state index contributed by atoms with van der Waals surface area (Å²) in [4.78, 5) is 18.8. The van der Waals surface area contributed by atoms with Crippen molar-refractivity contribution in [2.75, 3.05) is 18.6 Å². The Labute approximate surface area is 131 Å². The second kappa shape index (κ2) is 5.69. The molecule has 5 heteroatoms. The van der Waals surface area contributed by atoms with E-state index < -0.39 is 0 Å². The van der Waals surface area contributed by atoms with Crippen LogP contribution in [0.2, 0.25) is 0 Å². The summed E-state index contributed by atoms with van der Waals surface area (Å²) >= 11 is 3.47. The molecule has 0 fully saturated rings. The van der Waals surface area contributed by atoms with E-state index in [1.807, 2.05) is 48.5 Å². The Balaban J connectivity index is 2.21. The number of anilines is 1. The molecule has 0 saturated carbocycles. The van der Waals surface area contributed by atoms with Gasteiger partial charge in [-0.25, -0.2) is 0 Å². The van der Waals surface area contributed by atoms with Gasteiger partial charge in [0.25, 0.3) is 5.91 Å². The molecular weight excluding hydrogens is 332 g/mol. The normalized spacial score (nSPS) is 17.1. The number of hydrogen-bond donors (Lipinski definition) is 0. The first-order valence-corrected chi connectivity index (χ1v) is 7.28. The van der Waals surface area contributed by atoms with Crippen LogP contribution in [0, 0.1) is 0 Å². The SMILES string of the molecule is CN1C(=O)CO/N=C(/c2ccccc2)c2cc(Br)ccc21. The predicted octanol–water partition coefficient (Wildman–Crippen LogP) is 3.19. The van der Waals surface area contributed by atoms with E-state index in [4.69, 9.17) is 4.84 Å². The van der Waals surface area contributed by atoms with Crippen LogP contribution in [0.1, 0.15) is 11.1 Å². The van der Waals surface area contributed by atoms with Gasteiger partial charge in [-0.1, -0.05) is 51.4 Å².